The van der Waals surface area contributed by atoms with Gasteiger partial charge in [0.2, 0.25) is 5.96 Å². The zero-order valence-corrected chi connectivity index (χ0v) is 19.6. The van der Waals surface area contributed by atoms with Gasteiger partial charge >= 0.3 is 0 Å². The number of aryl methyl sites for hydroxylation is 1. The summed E-state index contributed by atoms with van der Waals surface area (Å²) in [5.41, 5.74) is 10.3. The minimum absolute atomic E-state index is 0.131. The van der Waals surface area contributed by atoms with Crippen molar-refractivity contribution < 1.29 is 4.39 Å². The van der Waals surface area contributed by atoms with E-state index in [1.165, 1.54) is 22.6 Å². The Kier molecular flexibility index (Phi) is 5.66. The lowest BCUT2D eigenvalue weighted by Gasteiger charge is -2.43. The molecule has 2 aliphatic heterocycles. The second kappa shape index (κ2) is 8.66. The van der Waals surface area contributed by atoms with Crippen LogP contribution in [-0.2, 0) is 0 Å². The van der Waals surface area contributed by atoms with Crippen LogP contribution in [0.5, 0.6) is 0 Å². The van der Waals surface area contributed by atoms with Gasteiger partial charge in [-0.15, -0.1) is 0 Å². The Morgan fingerprint density at radius 1 is 1.24 bits per heavy atom. The van der Waals surface area contributed by atoms with Crippen LogP contribution in [0.1, 0.15) is 30.7 Å². The fourth-order valence-electron chi connectivity index (χ4n) is 4.73. The summed E-state index contributed by atoms with van der Waals surface area (Å²) < 4.78 is 16.4. The van der Waals surface area contributed by atoms with Crippen LogP contribution in [0.25, 0.3) is 5.69 Å². The van der Waals surface area contributed by atoms with Gasteiger partial charge in [0.1, 0.15) is 23.5 Å². The third kappa shape index (κ3) is 3.97. The molecule has 2 aliphatic rings. The maximum absolute atomic E-state index is 14.9. The third-order valence-electron chi connectivity index (χ3n) is 6.58. The predicted molar refractivity (Wildman–Crippen MR) is 131 cm³/mol. The molecule has 2 atom stereocenters. The molecule has 3 aromatic rings. The quantitative estimate of drug-likeness (QED) is 0.554. The van der Waals surface area contributed by atoms with Crippen LogP contribution in [0.2, 0.25) is 0 Å². The van der Waals surface area contributed by atoms with E-state index in [-0.39, 0.29) is 5.92 Å². The van der Waals surface area contributed by atoms with Crippen molar-refractivity contribution >= 4 is 11.6 Å². The van der Waals surface area contributed by atoms with Gasteiger partial charge in [0.15, 0.2) is 5.82 Å². The van der Waals surface area contributed by atoms with Crippen molar-refractivity contribution in [3.05, 3.63) is 83.3 Å². The summed E-state index contributed by atoms with van der Waals surface area (Å²) in [4.78, 5) is 11.2. The lowest BCUT2D eigenvalue weighted by atomic mass is 9.82. The average molecular weight is 461 g/mol. The van der Waals surface area contributed by atoms with E-state index in [9.17, 15) is 4.39 Å². The van der Waals surface area contributed by atoms with E-state index in [4.69, 9.17) is 10.7 Å². The highest BCUT2D eigenvalue weighted by Crippen LogP contribution is 2.37. The molecule has 0 amide bonds. The molecule has 5 rings (SSSR count). The van der Waals surface area contributed by atoms with Gasteiger partial charge in [-0.1, -0.05) is 37.3 Å². The molecule has 0 fully saturated rings. The van der Waals surface area contributed by atoms with Crippen molar-refractivity contribution in [3.63, 3.8) is 0 Å². The van der Waals surface area contributed by atoms with Gasteiger partial charge in [-0.25, -0.2) is 19.0 Å². The van der Waals surface area contributed by atoms with E-state index in [0.29, 0.717) is 29.6 Å². The van der Waals surface area contributed by atoms with Crippen molar-refractivity contribution in [2.45, 2.75) is 31.8 Å². The Balaban J connectivity index is 1.47. The van der Waals surface area contributed by atoms with E-state index in [1.807, 2.05) is 13.0 Å². The number of anilines is 1. The van der Waals surface area contributed by atoms with Crippen LogP contribution in [0.3, 0.4) is 0 Å². The van der Waals surface area contributed by atoms with Crippen LogP contribution in [0, 0.1) is 12.7 Å². The monoisotopic (exact) mass is 460 g/mol. The summed E-state index contributed by atoms with van der Waals surface area (Å²) in [6, 6.07) is 15.3. The smallest absolute Gasteiger partial charge is 0.202 e. The van der Waals surface area contributed by atoms with Gasteiger partial charge in [-0.3, -0.25) is 0 Å². The maximum Gasteiger partial charge on any atom is 0.202 e. The lowest BCUT2D eigenvalue weighted by Crippen LogP contribution is -2.55. The zero-order chi connectivity index (χ0) is 23.9. The molecule has 176 valence electrons. The summed E-state index contributed by atoms with van der Waals surface area (Å²) in [5, 5.41) is 10.8. The molecule has 9 heteroatoms. The van der Waals surface area contributed by atoms with Crippen LogP contribution < -0.4 is 16.4 Å². The number of hydrogen-bond acceptors (Lipinski definition) is 7. The zero-order valence-electron chi connectivity index (χ0n) is 19.6. The molecule has 0 saturated heterocycles. The van der Waals surface area contributed by atoms with Gasteiger partial charge in [0, 0.05) is 36.0 Å². The Morgan fingerprint density at radius 3 is 2.71 bits per heavy atom. The standard InChI is InChI=1S/C25H29FN8/c1-4-25(27)20-14-33(3)13-19(17-8-6-5-7-9-17)23(20)31-24(32-25)30-18-10-11-22(21(26)12-18)34-16(2)28-15-29-34/h5-12,15,19H,4,13-14,27H2,1-3H3,(H2,30,31,32). The number of benzene rings is 2. The number of halogens is 1. The summed E-state index contributed by atoms with van der Waals surface area (Å²) in [6.07, 6.45) is 2.05. The second-order valence-electron chi connectivity index (χ2n) is 8.93. The topological polar surface area (TPSA) is 96.4 Å². The van der Waals surface area contributed by atoms with Crippen molar-refractivity contribution in [3.8, 4) is 5.69 Å². The molecule has 2 aromatic carbocycles. The van der Waals surface area contributed by atoms with Crippen molar-refractivity contribution in [2.24, 2.45) is 10.7 Å². The summed E-state index contributed by atoms with van der Waals surface area (Å²) >= 11 is 0. The lowest BCUT2D eigenvalue weighted by molar-refractivity contribution is 0.289. The van der Waals surface area contributed by atoms with E-state index in [0.717, 1.165) is 24.4 Å². The molecule has 0 saturated carbocycles. The van der Waals surface area contributed by atoms with Gasteiger partial charge < -0.3 is 21.3 Å². The number of aromatic nitrogens is 3. The highest BCUT2D eigenvalue weighted by Gasteiger charge is 2.40. The highest BCUT2D eigenvalue weighted by atomic mass is 19.1. The van der Waals surface area contributed by atoms with Gasteiger partial charge in [-0.05, 0) is 44.2 Å². The molecular weight excluding hydrogens is 431 g/mol. The first kappa shape index (κ1) is 22.2. The third-order valence-corrected chi connectivity index (χ3v) is 6.58. The minimum atomic E-state index is -0.846. The Bertz CT molecular complexity index is 1260. The predicted octanol–water partition coefficient (Wildman–Crippen LogP) is 3.13. The first-order valence-electron chi connectivity index (χ1n) is 11.4. The Morgan fingerprint density at radius 2 is 2.03 bits per heavy atom. The fraction of sp³-hybridized carbons (Fsp3) is 0.320. The minimum Gasteiger partial charge on any atom is -0.329 e. The number of hydrogen-bond donors (Lipinski definition) is 3. The average Bonchev–Trinajstić information content (AvgIpc) is 3.25. The number of guanidine groups is 1. The summed E-state index contributed by atoms with van der Waals surface area (Å²) in [6.45, 7) is 5.43. The number of aliphatic imine (C=N–C) groups is 1. The van der Waals surface area contributed by atoms with Gasteiger partial charge in [0.05, 0.1) is 0 Å². The fourth-order valence-corrected chi connectivity index (χ4v) is 4.73. The van der Waals surface area contributed by atoms with Gasteiger partial charge in [0.25, 0.3) is 0 Å². The first-order valence-corrected chi connectivity index (χ1v) is 11.4. The van der Waals surface area contributed by atoms with Crippen LogP contribution in [0.15, 0.2) is 71.1 Å². The number of likely N-dealkylation sites (N-methyl/N-ethyl adjacent to an activating group) is 1. The molecule has 0 spiro atoms. The van der Waals surface area contributed by atoms with Crippen LogP contribution >= 0.6 is 0 Å². The molecule has 0 bridgehead atoms. The van der Waals surface area contributed by atoms with Crippen molar-refractivity contribution in [2.75, 3.05) is 25.5 Å². The number of nitrogens with one attached hydrogen (secondary N) is 2. The van der Waals surface area contributed by atoms with E-state index in [1.54, 1.807) is 19.1 Å². The van der Waals surface area contributed by atoms with Crippen LogP contribution in [-0.4, -0.2) is 51.4 Å². The van der Waals surface area contributed by atoms with Crippen molar-refractivity contribution in [1.82, 2.24) is 25.0 Å². The molecule has 4 N–H and O–H groups in total. The van der Waals surface area contributed by atoms with Crippen molar-refractivity contribution in [1.29, 1.82) is 0 Å². The SMILES string of the molecule is CCC1(N)N=C(Nc2ccc(-n3ncnc3C)c(F)c2)NC2=C1CN(C)CC2c1ccccc1. The maximum atomic E-state index is 14.9. The second-order valence-corrected chi connectivity index (χ2v) is 8.93. The van der Waals surface area contributed by atoms with Gasteiger partial charge in [-0.2, -0.15) is 5.10 Å². The normalized spacial score (nSPS) is 22.7. The largest absolute Gasteiger partial charge is 0.329 e. The molecule has 2 unspecified atom stereocenters. The van der Waals surface area contributed by atoms with Crippen LogP contribution in [0.4, 0.5) is 10.1 Å². The molecule has 0 aliphatic carbocycles. The summed E-state index contributed by atoms with van der Waals surface area (Å²) in [7, 11) is 2.11. The first-order chi connectivity index (χ1) is 16.4. The molecule has 34 heavy (non-hydrogen) atoms. The Hall–Kier alpha value is -3.56. The van der Waals surface area contributed by atoms with E-state index < -0.39 is 11.5 Å². The summed E-state index contributed by atoms with van der Waals surface area (Å²) in [5.74, 6) is 0.845. The Labute approximate surface area is 198 Å². The highest BCUT2D eigenvalue weighted by molar-refractivity contribution is 5.96. The molecule has 1 aromatic heterocycles. The number of rotatable bonds is 4. The molecule has 3 heterocycles. The molecule has 0 radical (unpaired) electrons. The molecule has 8 nitrogen and oxygen atoms in total. The number of nitrogens with zero attached hydrogens (tertiary/aromatic N) is 5. The molecular formula is C25H29FN8. The van der Waals surface area contributed by atoms with E-state index >= 15 is 0 Å². The van der Waals surface area contributed by atoms with E-state index in [2.05, 4.69) is 56.9 Å². The number of nitrogens with two attached hydrogens (primary N) is 1.